The molecule has 0 aliphatic carbocycles. The number of rotatable bonds is 4. The molecule has 0 aliphatic rings. The lowest BCUT2D eigenvalue weighted by molar-refractivity contribution is 0.0940. The van der Waals surface area contributed by atoms with Crippen LogP contribution in [-0.2, 0) is 20.6 Å². The summed E-state index contributed by atoms with van der Waals surface area (Å²) in [4.78, 5) is 11.9. The maximum Gasteiger partial charge on any atom is 0.269 e. The molecule has 0 atom stereocenters. The van der Waals surface area contributed by atoms with Gasteiger partial charge in [-0.1, -0.05) is 13.8 Å². The van der Waals surface area contributed by atoms with Crippen LogP contribution in [-0.4, -0.2) is 30.5 Å². The van der Waals surface area contributed by atoms with Crippen LogP contribution < -0.4 is 5.32 Å². The van der Waals surface area contributed by atoms with Gasteiger partial charge in [-0.05, 0) is 6.07 Å². The average Bonchev–Trinajstić information content (AvgIpc) is 2.93. The van der Waals surface area contributed by atoms with Gasteiger partial charge in [0.05, 0.1) is 6.54 Å². The number of amides is 1. The largest absolute Gasteiger partial charge is 0.343 e. The molecule has 0 radical (unpaired) electrons. The zero-order chi connectivity index (χ0) is 14.0. The Morgan fingerprint density at radius 3 is 2.63 bits per heavy atom. The van der Waals surface area contributed by atoms with Gasteiger partial charge < -0.3 is 9.88 Å². The summed E-state index contributed by atoms with van der Waals surface area (Å²) in [6.07, 6.45) is 1.59. The number of hydrogen-bond donors (Lipinski definition) is 1. The van der Waals surface area contributed by atoms with Crippen molar-refractivity contribution in [3.63, 3.8) is 0 Å². The van der Waals surface area contributed by atoms with E-state index in [-0.39, 0.29) is 5.91 Å². The molecule has 0 fully saturated rings. The summed E-state index contributed by atoms with van der Waals surface area (Å²) in [7, 11) is 3.63. The van der Waals surface area contributed by atoms with E-state index in [1.165, 1.54) is 4.68 Å². The summed E-state index contributed by atoms with van der Waals surface area (Å²) >= 11 is 0. The molecule has 0 saturated heterocycles. The van der Waals surface area contributed by atoms with Crippen molar-refractivity contribution in [1.29, 1.82) is 0 Å². The predicted molar refractivity (Wildman–Crippen MR) is 69.5 cm³/mol. The highest BCUT2D eigenvalue weighted by atomic mass is 16.2. The first kappa shape index (κ1) is 13.3. The van der Waals surface area contributed by atoms with Gasteiger partial charge in [-0.25, -0.2) is 0 Å². The second kappa shape index (κ2) is 5.21. The van der Waals surface area contributed by atoms with Gasteiger partial charge >= 0.3 is 0 Å². The van der Waals surface area contributed by atoms with Gasteiger partial charge in [0, 0.05) is 26.2 Å². The summed E-state index contributed by atoms with van der Waals surface area (Å²) in [5, 5.41) is 15.0. The lowest BCUT2D eigenvalue weighted by Gasteiger charge is -2.07. The van der Waals surface area contributed by atoms with E-state index in [2.05, 4.69) is 34.5 Å². The Balaban J connectivity index is 2.04. The molecule has 0 saturated carbocycles. The minimum atomic E-state index is -0.172. The monoisotopic (exact) mass is 262 g/mol. The van der Waals surface area contributed by atoms with Gasteiger partial charge in [0.25, 0.3) is 5.91 Å². The van der Waals surface area contributed by atoms with Crippen LogP contribution in [0.2, 0.25) is 0 Å². The molecular weight excluding hydrogens is 244 g/mol. The zero-order valence-corrected chi connectivity index (χ0v) is 11.6. The summed E-state index contributed by atoms with van der Waals surface area (Å²) in [5.41, 5.74) is 0.520. The molecule has 19 heavy (non-hydrogen) atoms. The molecule has 0 aliphatic heterocycles. The Kier molecular flexibility index (Phi) is 3.64. The number of aryl methyl sites for hydroxylation is 1. The molecule has 0 bridgehead atoms. The number of carbonyl (C=O) groups is 1. The number of carbonyl (C=O) groups excluding carboxylic acids is 1. The van der Waals surface area contributed by atoms with Gasteiger partial charge in [-0.15, -0.1) is 10.2 Å². The Morgan fingerprint density at radius 2 is 2.11 bits per heavy atom. The van der Waals surface area contributed by atoms with Crippen molar-refractivity contribution in [2.45, 2.75) is 26.3 Å². The first-order chi connectivity index (χ1) is 9.00. The van der Waals surface area contributed by atoms with Gasteiger partial charge in [0.1, 0.15) is 11.5 Å². The molecule has 2 heterocycles. The van der Waals surface area contributed by atoms with Crippen molar-refractivity contribution < 1.29 is 4.79 Å². The van der Waals surface area contributed by atoms with Crippen LogP contribution in [0, 0.1) is 0 Å². The van der Waals surface area contributed by atoms with Crippen LogP contribution in [0.25, 0.3) is 0 Å². The van der Waals surface area contributed by atoms with Gasteiger partial charge in [-0.3, -0.25) is 9.48 Å². The SMILES string of the molecule is CC(C)c1nnc(CNC(=O)c2ccnn2C)n1C. The fraction of sp³-hybridized carbons (Fsp3) is 0.500. The lowest BCUT2D eigenvalue weighted by Crippen LogP contribution is -2.26. The van der Waals surface area contributed by atoms with E-state index in [4.69, 9.17) is 0 Å². The van der Waals surface area contributed by atoms with Crippen molar-refractivity contribution in [3.05, 3.63) is 29.6 Å². The maximum atomic E-state index is 11.9. The molecule has 102 valence electrons. The highest BCUT2D eigenvalue weighted by molar-refractivity contribution is 5.92. The van der Waals surface area contributed by atoms with Crippen LogP contribution in [0.1, 0.15) is 41.9 Å². The van der Waals surface area contributed by atoms with E-state index >= 15 is 0 Å². The molecule has 0 unspecified atom stereocenters. The Morgan fingerprint density at radius 1 is 1.37 bits per heavy atom. The molecule has 1 N–H and O–H groups in total. The fourth-order valence-corrected chi connectivity index (χ4v) is 1.88. The van der Waals surface area contributed by atoms with Crippen molar-refractivity contribution in [1.82, 2.24) is 29.9 Å². The van der Waals surface area contributed by atoms with Crippen molar-refractivity contribution >= 4 is 5.91 Å². The van der Waals surface area contributed by atoms with Crippen molar-refractivity contribution in [2.24, 2.45) is 14.1 Å². The third-order valence-electron chi connectivity index (χ3n) is 2.98. The highest BCUT2D eigenvalue weighted by Crippen LogP contribution is 2.11. The minimum Gasteiger partial charge on any atom is -0.343 e. The van der Waals surface area contributed by atoms with Crippen LogP contribution in [0.3, 0.4) is 0 Å². The average molecular weight is 262 g/mol. The molecular formula is C12H18N6O. The predicted octanol–water partition coefficient (Wildman–Crippen LogP) is 0.602. The number of aromatic nitrogens is 5. The number of nitrogens with one attached hydrogen (secondary N) is 1. The minimum absolute atomic E-state index is 0.172. The molecule has 2 rings (SSSR count). The van der Waals surface area contributed by atoms with Gasteiger partial charge in [0.15, 0.2) is 5.82 Å². The molecule has 0 aromatic carbocycles. The third kappa shape index (κ3) is 2.64. The first-order valence-corrected chi connectivity index (χ1v) is 6.15. The van der Waals surface area contributed by atoms with Gasteiger partial charge in [-0.2, -0.15) is 5.10 Å². The first-order valence-electron chi connectivity index (χ1n) is 6.15. The second-order valence-electron chi connectivity index (χ2n) is 4.71. The normalized spacial score (nSPS) is 11.0. The highest BCUT2D eigenvalue weighted by Gasteiger charge is 2.14. The molecule has 1 amide bonds. The standard InChI is InChI=1S/C12H18N6O/c1-8(2)11-16-15-10(17(11)3)7-13-12(19)9-5-6-14-18(9)4/h5-6,8H,7H2,1-4H3,(H,13,19). The smallest absolute Gasteiger partial charge is 0.269 e. The summed E-state index contributed by atoms with van der Waals surface area (Å²) in [6, 6.07) is 1.67. The van der Waals surface area contributed by atoms with E-state index < -0.39 is 0 Å². The topological polar surface area (TPSA) is 77.6 Å². The Bertz CT molecular complexity index is 583. The molecule has 2 aromatic heterocycles. The zero-order valence-electron chi connectivity index (χ0n) is 11.6. The number of hydrogen-bond acceptors (Lipinski definition) is 4. The molecule has 7 heteroatoms. The summed E-state index contributed by atoms with van der Waals surface area (Å²) < 4.78 is 3.44. The van der Waals surface area contributed by atoms with Crippen LogP contribution >= 0.6 is 0 Å². The lowest BCUT2D eigenvalue weighted by atomic mass is 10.2. The number of nitrogens with zero attached hydrogens (tertiary/aromatic N) is 5. The Labute approximate surface area is 111 Å². The van der Waals surface area contributed by atoms with Crippen LogP contribution in [0.15, 0.2) is 12.3 Å². The fourth-order valence-electron chi connectivity index (χ4n) is 1.88. The van der Waals surface area contributed by atoms with Gasteiger partial charge in [0.2, 0.25) is 0 Å². The van der Waals surface area contributed by atoms with E-state index in [1.54, 1.807) is 19.3 Å². The molecule has 0 spiro atoms. The van der Waals surface area contributed by atoms with E-state index in [1.807, 2.05) is 11.6 Å². The van der Waals surface area contributed by atoms with E-state index in [9.17, 15) is 4.79 Å². The summed E-state index contributed by atoms with van der Waals surface area (Å²) in [6.45, 7) is 4.46. The van der Waals surface area contributed by atoms with E-state index in [0.29, 0.717) is 18.2 Å². The summed E-state index contributed by atoms with van der Waals surface area (Å²) in [5.74, 6) is 1.78. The molecule has 2 aromatic rings. The quantitative estimate of drug-likeness (QED) is 0.875. The third-order valence-corrected chi connectivity index (χ3v) is 2.98. The second-order valence-corrected chi connectivity index (χ2v) is 4.71. The maximum absolute atomic E-state index is 11.9. The van der Waals surface area contributed by atoms with Crippen LogP contribution in [0.4, 0.5) is 0 Å². The van der Waals surface area contributed by atoms with E-state index in [0.717, 1.165) is 11.6 Å². The van der Waals surface area contributed by atoms with Crippen LogP contribution in [0.5, 0.6) is 0 Å². The Hall–Kier alpha value is -2.18. The van der Waals surface area contributed by atoms with Crippen molar-refractivity contribution in [2.75, 3.05) is 0 Å². The molecule has 7 nitrogen and oxygen atoms in total. The van der Waals surface area contributed by atoms with Crippen molar-refractivity contribution in [3.8, 4) is 0 Å².